The van der Waals surface area contributed by atoms with E-state index < -0.39 is 33.5 Å². The maximum Gasteiger partial charge on any atom is 0.329 e. The average molecular weight is 404 g/mol. The van der Waals surface area contributed by atoms with Crippen LogP contribution < -0.4 is 5.32 Å². The molecule has 0 bridgehead atoms. The molecule has 6 nitrogen and oxygen atoms in total. The molecule has 0 saturated heterocycles. The van der Waals surface area contributed by atoms with Gasteiger partial charge in [-0.1, -0.05) is 49.7 Å². The molecule has 1 N–H and O–H groups in total. The number of amides is 1. The first-order valence-electron chi connectivity index (χ1n) is 8.99. The van der Waals surface area contributed by atoms with E-state index >= 15 is 0 Å². The van der Waals surface area contributed by atoms with E-state index in [9.17, 15) is 18.0 Å². The van der Waals surface area contributed by atoms with Crippen molar-refractivity contribution in [3.8, 4) is 11.1 Å². The van der Waals surface area contributed by atoms with E-state index in [0.717, 1.165) is 37.3 Å². The SMILES string of the molecule is CCCc1ccc(-c2ccc(C(=O)NC(CS(C)(=O)=O)C(=O)OC)cc2)cc1. The van der Waals surface area contributed by atoms with Gasteiger partial charge >= 0.3 is 5.97 Å². The van der Waals surface area contributed by atoms with Crippen molar-refractivity contribution in [2.75, 3.05) is 19.1 Å². The van der Waals surface area contributed by atoms with Crippen molar-refractivity contribution < 1.29 is 22.7 Å². The van der Waals surface area contributed by atoms with Gasteiger partial charge in [-0.15, -0.1) is 0 Å². The number of hydrogen-bond acceptors (Lipinski definition) is 5. The lowest BCUT2D eigenvalue weighted by Gasteiger charge is -2.15. The topological polar surface area (TPSA) is 89.5 Å². The number of carbonyl (C=O) groups excluding carboxylic acids is 2. The number of aryl methyl sites for hydroxylation is 1. The predicted molar refractivity (Wildman–Crippen MR) is 109 cm³/mol. The fraction of sp³-hybridized carbons (Fsp3) is 0.333. The number of carbonyl (C=O) groups is 2. The van der Waals surface area contributed by atoms with Gasteiger partial charge in [-0.2, -0.15) is 0 Å². The first-order chi connectivity index (χ1) is 13.2. The summed E-state index contributed by atoms with van der Waals surface area (Å²) in [7, 11) is -2.33. The number of benzene rings is 2. The molecule has 0 aromatic heterocycles. The lowest BCUT2D eigenvalue weighted by molar-refractivity contribution is -0.142. The second-order valence-electron chi connectivity index (χ2n) is 6.67. The van der Waals surface area contributed by atoms with Crippen LogP contribution in [0.4, 0.5) is 0 Å². The summed E-state index contributed by atoms with van der Waals surface area (Å²) in [5, 5.41) is 2.43. The molecule has 1 atom stereocenters. The molecule has 1 amide bonds. The van der Waals surface area contributed by atoms with Crippen molar-refractivity contribution in [3.63, 3.8) is 0 Å². The van der Waals surface area contributed by atoms with Crippen LogP contribution in [0.1, 0.15) is 29.3 Å². The van der Waals surface area contributed by atoms with Gasteiger partial charge in [-0.3, -0.25) is 4.79 Å². The Bertz CT molecular complexity index is 918. The Kier molecular flexibility index (Phi) is 7.34. The monoisotopic (exact) mass is 403 g/mol. The molecular formula is C21H25NO5S. The summed E-state index contributed by atoms with van der Waals surface area (Å²) in [5.41, 5.74) is 3.60. The van der Waals surface area contributed by atoms with E-state index in [-0.39, 0.29) is 0 Å². The third kappa shape index (κ3) is 6.20. The third-order valence-corrected chi connectivity index (χ3v) is 5.17. The number of hydrogen-bond donors (Lipinski definition) is 1. The van der Waals surface area contributed by atoms with Crippen LogP contribution >= 0.6 is 0 Å². The largest absolute Gasteiger partial charge is 0.467 e. The molecule has 0 aliphatic rings. The van der Waals surface area contributed by atoms with E-state index in [0.29, 0.717) is 5.56 Å². The van der Waals surface area contributed by atoms with E-state index in [2.05, 4.69) is 29.1 Å². The zero-order valence-electron chi connectivity index (χ0n) is 16.3. The maximum absolute atomic E-state index is 12.4. The predicted octanol–water partition coefficient (Wildman–Crippen LogP) is 2.62. The Morgan fingerprint density at radius 1 is 1.00 bits per heavy atom. The standard InChI is InChI=1S/C21H25NO5S/c1-4-5-15-6-8-16(9-7-15)17-10-12-18(13-11-17)20(23)22-19(21(24)27-2)14-28(3,25)26/h6-13,19H,4-5,14H2,1-3H3,(H,22,23). The summed E-state index contributed by atoms with van der Waals surface area (Å²) in [6.45, 7) is 2.14. The second-order valence-corrected chi connectivity index (χ2v) is 8.85. The van der Waals surface area contributed by atoms with Crippen molar-refractivity contribution in [2.45, 2.75) is 25.8 Å². The van der Waals surface area contributed by atoms with E-state index in [1.54, 1.807) is 12.1 Å². The van der Waals surface area contributed by atoms with Gasteiger partial charge in [-0.25, -0.2) is 13.2 Å². The third-order valence-electron chi connectivity index (χ3n) is 4.23. The van der Waals surface area contributed by atoms with Crippen molar-refractivity contribution >= 4 is 21.7 Å². The van der Waals surface area contributed by atoms with Gasteiger partial charge in [0.25, 0.3) is 5.91 Å². The molecule has 1 unspecified atom stereocenters. The number of methoxy groups -OCH3 is 1. The molecule has 0 aliphatic heterocycles. The highest BCUT2D eigenvalue weighted by molar-refractivity contribution is 7.90. The average Bonchev–Trinajstić information content (AvgIpc) is 2.66. The van der Waals surface area contributed by atoms with Crippen molar-refractivity contribution in [1.29, 1.82) is 0 Å². The van der Waals surface area contributed by atoms with Crippen molar-refractivity contribution in [1.82, 2.24) is 5.32 Å². The molecule has 0 fully saturated rings. The summed E-state index contributed by atoms with van der Waals surface area (Å²) in [4.78, 5) is 24.2. The van der Waals surface area contributed by atoms with Crippen LogP contribution in [0, 0.1) is 0 Å². The number of esters is 1. The Balaban J connectivity index is 2.12. The minimum atomic E-state index is -3.47. The molecular weight excluding hydrogens is 378 g/mol. The van der Waals surface area contributed by atoms with Crippen LogP contribution in [0.25, 0.3) is 11.1 Å². The normalized spacial score (nSPS) is 12.2. The highest BCUT2D eigenvalue weighted by Gasteiger charge is 2.26. The number of rotatable bonds is 8. The fourth-order valence-electron chi connectivity index (χ4n) is 2.82. The van der Waals surface area contributed by atoms with Crippen LogP contribution in [0.5, 0.6) is 0 Å². The van der Waals surface area contributed by atoms with E-state index in [4.69, 9.17) is 0 Å². The van der Waals surface area contributed by atoms with E-state index in [1.807, 2.05) is 24.3 Å². The Labute approximate surface area is 165 Å². The summed E-state index contributed by atoms with van der Waals surface area (Å²) < 4.78 is 27.6. The molecule has 0 heterocycles. The molecule has 7 heteroatoms. The zero-order chi connectivity index (χ0) is 20.7. The minimum absolute atomic E-state index is 0.328. The molecule has 150 valence electrons. The Morgan fingerprint density at radius 3 is 2.00 bits per heavy atom. The van der Waals surface area contributed by atoms with Gasteiger partial charge < -0.3 is 10.1 Å². The van der Waals surface area contributed by atoms with Crippen molar-refractivity contribution in [3.05, 3.63) is 59.7 Å². The van der Waals surface area contributed by atoms with Gasteiger partial charge in [0.1, 0.15) is 15.9 Å². The summed E-state index contributed by atoms with van der Waals surface area (Å²) in [6.07, 6.45) is 3.12. The van der Waals surface area contributed by atoms with Crippen LogP contribution in [0.2, 0.25) is 0 Å². The maximum atomic E-state index is 12.4. The van der Waals surface area contributed by atoms with Gasteiger partial charge in [0, 0.05) is 11.8 Å². The first-order valence-corrected chi connectivity index (χ1v) is 11.1. The molecule has 28 heavy (non-hydrogen) atoms. The molecule has 0 saturated carbocycles. The van der Waals surface area contributed by atoms with Gasteiger partial charge in [0.15, 0.2) is 0 Å². The number of sulfone groups is 1. The van der Waals surface area contributed by atoms with Crippen LogP contribution in [-0.2, 0) is 25.8 Å². The molecule has 2 rings (SSSR count). The van der Waals surface area contributed by atoms with Gasteiger partial charge in [0.05, 0.1) is 12.9 Å². The molecule has 0 aliphatic carbocycles. The van der Waals surface area contributed by atoms with Gasteiger partial charge in [-0.05, 0) is 35.2 Å². The number of ether oxygens (including phenoxy) is 1. The van der Waals surface area contributed by atoms with Crippen LogP contribution in [-0.4, -0.2) is 45.5 Å². The summed E-state index contributed by atoms with van der Waals surface area (Å²) in [6, 6.07) is 13.9. The van der Waals surface area contributed by atoms with Gasteiger partial charge in [0.2, 0.25) is 0 Å². The first kappa shape index (κ1) is 21.6. The minimum Gasteiger partial charge on any atom is -0.467 e. The molecule has 2 aromatic rings. The molecule has 2 aromatic carbocycles. The lowest BCUT2D eigenvalue weighted by atomic mass is 10.0. The highest BCUT2D eigenvalue weighted by Crippen LogP contribution is 2.21. The molecule has 0 spiro atoms. The Morgan fingerprint density at radius 2 is 1.54 bits per heavy atom. The van der Waals surface area contributed by atoms with E-state index in [1.165, 1.54) is 5.56 Å². The lowest BCUT2D eigenvalue weighted by Crippen LogP contribution is -2.45. The smallest absolute Gasteiger partial charge is 0.329 e. The highest BCUT2D eigenvalue weighted by atomic mass is 32.2. The van der Waals surface area contributed by atoms with Crippen molar-refractivity contribution in [2.24, 2.45) is 0 Å². The Hall–Kier alpha value is -2.67. The number of nitrogens with one attached hydrogen (secondary N) is 1. The summed E-state index contributed by atoms with van der Waals surface area (Å²) >= 11 is 0. The fourth-order valence-corrected chi connectivity index (χ4v) is 3.65. The quantitative estimate of drug-likeness (QED) is 0.685. The van der Waals surface area contributed by atoms with Crippen LogP contribution in [0.15, 0.2) is 48.5 Å². The zero-order valence-corrected chi connectivity index (χ0v) is 17.1. The second kappa shape index (κ2) is 9.50. The molecule has 0 radical (unpaired) electrons. The van der Waals surface area contributed by atoms with Crippen LogP contribution in [0.3, 0.4) is 0 Å². The summed E-state index contributed by atoms with van der Waals surface area (Å²) in [5.74, 6) is -1.86.